The monoisotopic (exact) mass is 1020 g/mol. The van der Waals surface area contributed by atoms with Gasteiger partial charge in [-0.1, -0.05) is 206 Å². The van der Waals surface area contributed by atoms with E-state index in [1.54, 1.807) is 0 Å². The summed E-state index contributed by atoms with van der Waals surface area (Å²) in [5.41, 5.74) is 6.71. The molecular weight excluding hydrogens is 973 g/mol. The lowest BCUT2D eigenvalue weighted by atomic mass is 9.91. The zero-order valence-electron chi connectivity index (χ0n) is 43.0. The minimum absolute atomic E-state index is 0.117. The highest BCUT2D eigenvalue weighted by atomic mass is 16.3. The summed E-state index contributed by atoms with van der Waals surface area (Å²) in [5, 5.41) is 53.9. The summed E-state index contributed by atoms with van der Waals surface area (Å²) in [5.74, 6) is 0.234. The fraction of sp³-hybridized carbons (Fsp3) is 0. The first-order valence-corrected chi connectivity index (χ1v) is 27.4. The van der Waals surface area contributed by atoms with E-state index in [1.165, 1.54) is 108 Å². The number of phenols is 2. The number of anilines is 6. The average Bonchev–Trinajstić information content (AvgIpc) is 3.63. The lowest BCUT2D eigenvalue weighted by Crippen LogP contribution is -2.12. The number of hydrogen-bond acceptors (Lipinski definition) is 4. The molecule has 0 fully saturated rings. The van der Waals surface area contributed by atoms with E-state index < -0.39 is 0 Å². The highest BCUT2D eigenvalue weighted by Crippen LogP contribution is 2.53. The molecule has 0 aliphatic rings. The molecule has 0 unspecified atom stereocenters. The first-order valence-electron chi connectivity index (χ1n) is 27.4. The molecule has 0 aliphatic heterocycles. The molecule has 4 heteroatoms. The van der Waals surface area contributed by atoms with Crippen LogP contribution in [0.25, 0.3) is 140 Å². The second kappa shape index (κ2) is 16.0. The van der Waals surface area contributed by atoms with E-state index in [0.717, 1.165) is 55.4 Å². The Morgan fingerprint density at radius 2 is 0.388 bits per heavy atom. The summed E-state index contributed by atoms with van der Waals surface area (Å²) >= 11 is 0. The second-order valence-electron chi connectivity index (χ2n) is 21.8. The SMILES string of the molecule is Oc1cc(-c2ccc(N(c3ccc4ccc5cccc6ccc3c4c56)c3ccc4ccc5cccc6ccc3c4c56)c(O)c2)ccc1N(c1ccc2ccc3cccc4ccc1c2c34)c1ccc2ccc3cccc4ccc1c2c34. The molecule has 0 heterocycles. The molecule has 80 heavy (non-hydrogen) atoms. The van der Waals surface area contributed by atoms with Gasteiger partial charge in [0.1, 0.15) is 11.5 Å². The number of hydrogen-bond donors (Lipinski definition) is 2. The topological polar surface area (TPSA) is 46.9 Å². The van der Waals surface area contributed by atoms with E-state index in [-0.39, 0.29) is 11.5 Å². The minimum Gasteiger partial charge on any atom is -0.506 e. The Morgan fingerprint density at radius 1 is 0.188 bits per heavy atom. The molecule has 0 bridgehead atoms. The maximum atomic E-state index is 12.8. The number of nitrogens with zero attached hydrogens (tertiary/aromatic N) is 2. The molecule has 18 aromatic rings. The number of aromatic hydroxyl groups is 2. The van der Waals surface area contributed by atoms with Crippen molar-refractivity contribution < 1.29 is 10.2 Å². The predicted molar refractivity (Wildman–Crippen MR) is 339 cm³/mol. The van der Waals surface area contributed by atoms with Gasteiger partial charge in [0.2, 0.25) is 0 Å². The van der Waals surface area contributed by atoms with Gasteiger partial charge in [-0.05, 0) is 167 Å². The summed E-state index contributed by atoms with van der Waals surface area (Å²) in [4.78, 5) is 4.50. The lowest BCUT2D eigenvalue weighted by molar-refractivity contribution is 0.475. The summed E-state index contributed by atoms with van der Waals surface area (Å²) in [6.45, 7) is 0. The molecule has 0 atom stereocenters. The minimum atomic E-state index is 0.117. The highest BCUT2D eigenvalue weighted by Gasteiger charge is 2.27. The molecule has 0 aliphatic carbocycles. The van der Waals surface area contributed by atoms with Crippen molar-refractivity contribution in [1.82, 2.24) is 0 Å². The fourth-order valence-electron chi connectivity index (χ4n) is 14.2. The van der Waals surface area contributed by atoms with Crippen LogP contribution in [0.1, 0.15) is 0 Å². The van der Waals surface area contributed by atoms with Crippen molar-refractivity contribution in [3.63, 3.8) is 0 Å². The van der Waals surface area contributed by atoms with Gasteiger partial charge in [-0.3, -0.25) is 0 Å². The molecule has 0 saturated heterocycles. The Morgan fingerprint density at radius 3 is 0.625 bits per heavy atom. The van der Waals surface area contributed by atoms with Gasteiger partial charge < -0.3 is 20.0 Å². The molecule has 18 rings (SSSR count). The maximum absolute atomic E-state index is 12.8. The maximum Gasteiger partial charge on any atom is 0.140 e. The summed E-state index contributed by atoms with van der Waals surface area (Å²) < 4.78 is 0. The Bertz CT molecular complexity index is 4900. The predicted octanol–water partition coefficient (Wildman–Crippen LogP) is 21.3. The van der Waals surface area contributed by atoms with E-state index in [0.29, 0.717) is 11.4 Å². The molecule has 370 valence electrons. The van der Waals surface area contributed by atoms with Crippen molar-refractivity contribution in [3.05, 3.63) is 255 Å². The number of benzene rings is 18. The van der Waals surface area contributed by atoms with Crippen LogP contribution in [0.4, 0.5) is 34.1 Å². The van der Waals surface area contributed by atoms with E-state index in [2.05, 4.69) is 240 Å². The van der Waals surface area contributed by atoms with Crippen molar-refractivity contribution in [2.75, 3.05) is 9.80 Å². The molecule has 0 aromatic heterocycles. The van der Waals surface area contributed by atoms with Crippen LogP contribution >= 0.6 is 0 Å². The zero-order chi connectivity index (χ0) is 52.5. The third-order valence-electron chi connectivity index (χ3n) is 17.8. The number of rotatable bonds is 7. The van der Waals surface area contributed by atoms with E-state index >= 15 is 0 Å². The van der Waals surface area contributed by atoms with Crippen molar-refractivity contribution >= 4 is 163 Å². The lowest BCUT2D eigenvalue weighted by Gasteiger charge is -2.30. The van der Waals surface area contributed by atoms with Gasteiger partial charge in [-0.15, -0.1) is 0 Å². The van der Waals surface area contributed by atoms with Gasteiger partial charge in [0.25, 0.3) is 0 Å². The molecule has 0 amide bonds. The molecule has 0 saturated carbocycles. The first kappa shape index (κ1) is 43.4. The van der Waals surface area contributed by atoms with Gasteiger partial charge in [-0.25, -0.2) is 0 Å². The summed E-state index contributed by atoms with van der Waals surface area (Å²) in [6, 6.07) is 91.3. The van der Waals surface area contributed by atoms with Crippen LogP contribution in [0, 0.1) is 0 Å². The van der Waals surface area contributed by atoms with Crippen LogP contribution in [0.2, 0.25) is 0 Å². The van der Waals surface area contributed by atoms with E-state index in [9.17, 15) is 10.2 Å². The molecule has 2 N–H and O–H groups in total. The quantitative estimate of drug-likeness (QED) is 0.156. The summed E-state index contributed by atoms with van der Waals surface area (Å²) in [6.07, 6.45) is 0. The van der Waals surface area contributed by atoms with Gasteiger partial charge >= 0.3 is 0 Å². The van der Waals surface area contributed by atoms with Crippen molar-refractivity contribution in [2.24, 2.45) is 0 Å². The van der Waals surface area contributed by atoms with Crippen molar-refractivity contribution in [2.45, 2.75) is 0 Å². The van der Waals surface area contributed by atoms with Crippen molar-refractivity contribution in [1.29, 1.82) is 0 Å². The Balaban J connectivity index is 0.826. The van der Waals surface area contributed by atoms with Crippen LogP contribution < -0.4 is 9.80 Å². The zero-order valence-corrected chi connectivity index (χ0v) is 43.0. The molecular formula is C76H44N2O2. The normalized spacial score (nSPS) is 12.3. The second-order valence-corrected chi connectivity index (χ2v) is 21.8. The Labute approximate surface area is 458 Å². The molecule has 0 radical (unpaired) electrons. The van der Waals surface area contributed by atoms with Crippen LogP contribution in [0.5, 0.6) is 11.5 Å². The van der Waals surface area contributed by atoms with Crippen LogP contribution in [0.3, 0.4) is 0 Å². The van der Waals surface area contributed by atoms with Crippen LogP contribution in [-0.4, -0.2) is 10.2 Å². The highest BCUT2D eigenvalue weighted by molar-refractivity contribution is 6.31. The van der Waals surface area contributed by atoms with Crippen molar-refractivity contribution in [3.8, 4) is 22.6 Å². The first-order chi connectivity index (χ1) is 39.5. The van der Waals surface area contributed by atoms with E-state index in [4.69, 9.17) is 0 Å². The van der Waals surface area contributed by atoms with Crippen LogP contribution in [-0.2, 0) is 0 Å². The van der Waals surface area contributed by atoms with Crippen LogP contribution in [0.15, 0.2) is 255 Å². The Kier molecular flexibility index (Phi) is 8.66. The van der Waals surface area contributed by atoms with Gasteiger partial charge in [0.05, 0.1) is 34.1 Å². The van der Waals surface area contributed by atoms with Gasteiger partial charge in [0, 0.05) is 21.5 Å². The fourth-order valence-corrected chi connectivity index (χ4v) is 14.2. The third-order valence-corrected chi connectivity index (χ3v) is 17.8. The van der Waals surface area contributed by atoms with Gasteiger partial charge in [-0.2, -0.15) is 0 Å². The standard InChI is InChI=1S/C76H44N2O2/c79-67-41-55(29-39-65(67)77(61-35-25-51-17-13-43-5-1-9-47-21-31-57(61)73(51)69(43)47)62-36-26-52-18-14-44-6-2-10-48-22-32-58(62)74(52)70(44)48)56-30-40-66(68(80)42-56)78(63-37-27-53-19-15-45-7-3-11-49-23-33-59(63)75(53)71(45)49)64-38-28-54-20-16-46-8-4-12-50-24-34-60(64)76(54)72(46)50/h1-42,79-80H. The van der Waals surface area contributed by atoms with E-state index in [1.807, 2.05) is 24.3 Å². The average molecular weight is 1020 g/mol. The molecule has 4 nitrogen and oxygen atoms in total. The smallest absolute Gasteiger partial charge is 0.140 e. The number of phenolic OH excluding ortho intramolecular Hbond substituents is 2. The Hall–Kier alpha value is -10.7. The molecule has 0 spiro atoms. The largest absolute Gasteiger partial charge is 0.506 e. The van der Waals surface area contributed by atoms with Gasteiger partial charge in [0.15, 0.2) is 0 Å². The molecule has 18 aromatic carbocycles. The summed E-state index contributed by atoms with van der Waals surface area (Å²) in [7, 11) is 0. The third kappa shape index (κ3) is 5.94.